The van der Waals surface area contributed by atoms with Crippen LogP contribution in [-0.2, 0) is 16.0 Å². The van der Waals surface area contributed by atoms with Crippen LogP contribution in [0.4, 0.5) is 4.39 Å². The van der Waals surface area contributed by atoms with Gasteiger partial charge in [-0.05, 0) is 43.5 Å². The van der Waals surface area contributed by atoms with Gasteiger partial charge in [0, 0.05) is 6.04 Å². The van der Waals surface area contributed by atoms with E-state index in [4.69, 9.17) is 5.11 Å². The van der Waals surface area contributed by atoms with Crippen LogP contribution in [0, 0.1) is 5.82 Å². The molecule has 0 aromatic heterocycles. The predicted molar refractivity (Wildman–Crippen MR) is 75.3 cm³/mol. The van der Waals surface area contributed by atoms with E-state index in [2.05, 4.69) is 5.32 Å². The van der Waals surface area contributed by atoms with Crippen molar-refractivity contribution in [1.29, 1.82) is 0 Å². The van der Waals surface area contributed by atoms with Crippen LogP contribution in [0.1, 0.15) is 18.4 Å². The number of aliphatic carboxylic acids is 1. The van der Waals surface area contributed by atoms with Gasteiger partial charge >= 0.3 is 5.97 Å². The molecule has 0 bridgehead atoms. The minimum absolute atomic E-state index is 0.188. The topological polar surface area (TPSA) is 69.6 Å². The molecule has 2 rings (SSSR count). The van der Waals surface area contributed by atoms with E-state index in [0.29, 0.717) is 6.42 Å². The highest BCUT2D eigenvalue weighted by Gasteiger charge is 2.26. The van der Waals surface area contributed by atoms with Crippen molar-refractivity contribution >= 4 is 11.9 Å². The quantitative estimate of drug-likeness (QED) is 0.822. The zero-order valence-corrected chi connectivity index (χ0v) is 11.7. The number of amides is 1. The highest BCUT2D eigenvalue weighted by atomic mass is 19.1. The molecule has 1 heterocycles. The van der Waals surface area contributed by atoms with Crippen molar-refractivity contribution in [2.75, 3.05) is 19.6 Å². The summed E-state index contributed by atoms with van der Waals surface area (Å²) in [4.78, 5) is 24.1. The number of carboxylic acid groups (broad SMARTS) is 1. The first-order valence-electron chi connectivity index (χ1n) is 7.01. The second kappa shape index (κ2) is 7.17. The summed E-state index contributed by atoms with van der Waals surface area (Å²) in [7, 11) is 0. The van der Waals surface area contributed by atoms with Crippen molar-refractivity contribution < 1.29 is 19.1 Å². The van der Waals surface area contributed by atoms with Gasteiger partial charge in [-0.3, -0.25) is 14.5 Å². The highest BCUT2D eigenvalue weighted by Crippen LogP contribution is 2.21. The normalized spacial score (nSPS) is 18.6. The molecule has 0 aliphatic carbocycles. The molecule has 1 fully saturated rings. The lowest BCUT2D eigenvalue weighted by Gasteiger charge is -2.23. The number of nitrogens with one attached hydrogen (secondary N) is 1. The maximum Gasteiger partial charge on any atom is 0.322 e. The van der Waals surface area contributed by atoms with Crippen LogP contribution in [0.3, 0.4) is 0 Å². The van der Waals surface area contributed by atoms with Gasteiger partial charge in [0.25, 0.3) is 0 Å². The Kier molecular flexibility index (Phi) is 5.27. The molecule has 1 aliphatic heterocycles. The van der Waals surface area contributed by atoms with Gasteiger partial charge in [-0.1, -0.05) is 12.1 Å². The molecule has 0 radical (unpaired) electrons. The monoisotopic (exact) mass is 294 g/mol. The second-order valence-electron chi connectivity index (χ2n) is 5.27. The van der Waals surface area contributed by atoms with Gasteiger partial charge in [0.2, 0.25) is 5.91 Å². The number of likely N-dealkylation sites (tertiary alicyclic amines) is 1. The summed E-state index contributed by atoms with van der Waals surface area (Å²) in [5, 5.41) is 10.9. The highest BCUT2D eigenvalue weighted by molar-refractivity contribution is 5.82. The molecule has 2 N–H and O–H groups in total. The molecule has 0 saturated carbocycles. The van der Waals surface area contributed by atoms with Crippen LogP contribution in [0.25, 0.3) is 0 Å². The maximum absolute atomic E-state index is 13.2. The van der Waals surface area contributed by atoms with E-state index in [1.54, 1.807) is 6.07 Å². The summed E-state index contributed by atoms with van der Waals surface area (Å²) in [6.45, 7) is 0.634. The lowest BCUT2D eigenvalue weighted by molar-refractivity contribution is -0.138. The van der Waals surface area contributed by atoms with E-state index in [1.807, 2.05) is 11.0 Å². The van der Waals surface area contributed by atoms with E-state index < -0.39 is 5.97 Å². The van der Waals surface area contributed by atoms with Crippen LogP contribution in [0.15, 0.2) is 24.3 Å². The number of benzene rings is 1. The number of carboxylic acids is 1. The molecule has 1 atom stereocenters. The van der Waals surface area contributed by atoms with E-state index in [1.165, 1.54) is 12.1 Å². The first-order valence-corrected chi connectivity index (χ1v) is 7.01. The van der Waals surface area contributed by atoms with Crippen LogP contribution < -0.4 is 5.32 Å². The summed E-state index contributed by atoms with van der Waals surface area (Å²) in [5.41, 5.74) is 0.915. The third kappa shape index (κ3) is 4.82. The van der Waals surface area contributed by atoms with Crippen molar-refractivity contribution in [3.8, 4) is 0 Å². The van der Waals surface area contributed by atoms with Crippen LogP contribution in [-0.4, -0.2) is 47.6 Å². The molecule has 5 nitrogen and oxygen atoms in total. The van der Waals surface area contributed by atoms with Crippen LogP contribution >= 0.6 is 0 Å². The average molecular weight is 294 g/mol. The molecule has 114 valence electrons. The molecule has 1 aromatic carbocycles. The Labute approximate surface area is 122 Å². The molecule has 1 aromatic rings. The van der Waals surface area contributed by atoms with Crippen molar-refractivity contribution in [1.82, 2.24) is 10.2 Å². The fourth-order valence-electron chi connectivity index (χ4n) is 2.69. The minimum atomic E-state index is -1.05. The summed E-state index contributed by atoms with van der Waals surface area (Å²) < 4.78 is 13.2. The van der Waals surface area contributed by atoms with Crippen LogP contribution in [0.2, 0.25) is 0 Å². The molecule has 1 saturated heterocycles. The van der Waals surface area contributed by atoms with Crippen LogP contribution in [0.5, 0.6) is 0 Å². The van der Waals surface area contributed by atoms with Crippen molar-refractivity contribution in [2.45, 2.75) is 25.3 Å². The Morgan fingerprint density at radius 2 is 2.24 bits per heavy atom. The Morgan fingerprint density at radius 1 is 1.43 bits per heavy atom. The largest absolute Gasteiger partial charge is 0.480 e. The number of carbonyl (C=O) groups is 2. The summed E-state index contributed by atoms with van der Waals surface area (Å²) in [5.74, 6) is -1.60. The van der Waals surface area contributed by atoms with Gasteiger partial charge in [0.15, 0.2) is 0 Å². The second-order valence-corrected chi connectivity index (χ2v) is 5.27. The molecular weight excluding hydrogens is 275 g/mol. The Hall–Kier alpha value is -1.95. The Morgan fingerprint density at radius 3 is 2.95 bits per heavy atom. The van der Waals surface area contributed by atoms with Crippen molar-refractivity contribution in [2.24, 2.45) is 0 Å². The van der Waals surface area contributed by atoms with E-state index >= 15 is 0 Å². The first-order chi connectivity index (χ1) is 10.0. The molecule has 1 aliphatic rings. The smallest absolute Gasteiger partial charge is 0.322 e. The van der Waals surface area contributed by atoms with Crippen molar-refractivity contribution in [3.05, 3.63) is 35.6 Å². The van der Waals surface area contributed by atoms with Gasteiger partial charge < -0.3 is 10.4 Å². The molecule has 21 heavy (non-hydrogen) atoms. The third-order valence-corrected chi connectivity index (χ3v) is 3.64. The van der Waals surface area contributed by atoms with E-state index in [9.17, 15) is 14.0 Å². The fraction of sp³-hybridized carbons (Fsp3) is 0.467. The SMILES string of the molecule is O=C(O)CNC(=O)CN1CCC[C@H]1Cc1cccc(F)c1. The van der Waals surface area contributed by atoms with Gasteiger partial charge in [-0.25, -0.2) is 4.39 Å². The van der Waals surface area contributed by atoms with E-state index in [0.717, 1.165) is 24.9 Å². The molecule has 0 spiro atoms. The predicted octanol–water partition coefficient (Wildman–Crippen LogP) is 1.03. The number of hydrogen-bond acceptors (Lipinski definition) is 3. The lowest BCUT2D eigenvalue weighted by atomic mass is 10.0. The lowest BCUT2D eigenvalue weighted by Crippen LogP contribution is -2.42. The molecular formula is C15H19FN2O3. The standard InChI is InChI=1S/C15H19FN2O3/c16-12-4-1-3-11(7-12)8-13-5-2-6-18(13)10-14(19)17-9-15(20)21/h1,3-4,7,13H,2,5-6,8-10H2,(H,17,19)(H,20,21)/t13-/m0/s1. The molecule has 6 heteroatoms. The van der Waals surface area contributed by atoms with E-state index in [-0.39, 0.29) is 30.9 Å². The summed E-state index contributed by atoms with van der Waals surface area (Å²) >= 11 is 0. The maximum atomic E-state index is 13.2. The Bertz CT molecular complexity index is 521. The summed E-state index contributed by atoms with van der Waals surface area (Å²) in [6.07, 6.45) is 2.65. The van der Waals surface area contributed by atoms with Gasteiger partial charge in [0.05, 0.1) is 6.54 Å². The number of carbonyl (C=O) groups excluding carboxylic acids is 1. The van der Waals surface area contributed by atoms with Crippen molar-refractivity contribution in [3.63, 3.8) is 0 Å². The third-order valence-electron chi connectivity index (χ3n) is 3.64. The number of rotatable bonds is 6. The molecule has 1 amide bonds. The van der Waals surface area contributed by atoms with Gasteiger partial charge in [0.1, 0.15) is 12.4 Å². The van der Waals surface area contributed by atoms with Gasteiger partial charge in [-0.15, -0.1) is 0 Å². The number of nitrogens with zero attached hydrogens (tertiary/aromatic N) is 1. The molecule has 0 unspecified atom stereocenters. The number of halogens is 1. The first kappa shape index (κ1) is 15.4. The fourth-order valence-corrected chi connectivity index (χ4v) is 2.69. The zero-order valence-electron chi connectivity index (χ0n) is 11.7. The Balaban J connectivity index is 1.88. The van der Waals surface area contributed by atoms with Gasteiger partial charge in [-0.2, -0.15) is 0 Å². The minimum Gasteiger partial charge on any atom is -0.480 e. The number of hydrogen-bond donors (Lipinski definition) is 2. The zero-order chi connectivity index (χ0) is 15.2. The average Bonchev–Trinajstić information content (AvgIpc) is 2.84. The summed E-state index contributed by atoms with van der Waals surface area (Å²) in [6, 6.07) is 6.69.